The molecule has 3 aromatic rings. The first-order valence-corrected chi connectivity index (χ1v) is 11.4. The lowest BCUT2D eigenvalue weighted by Crippen LogP contribution is -2.14. The Bertz CT molecular complexity index is 1100. The van der Waals surface area contributed by atoms with Crippen molar-refractivity contribution in [1.29, 1.82) is 0 Å². The van der Waals surface area contributed by atoms with E-state index in [1.54, 1.807) is 38.1 Å². The van der Waals surface area contributed by atoms with Crippen molar-refractivity contribution < 1.29 is 17.6 Å². The Labute approximate surface area is 176 Å². The Kier molecular flexibility index (Phi) is 6.66. The molecule has 2 aromatic carbocycles. The summed E-state index contributed by atoms with van der Waals surface area (Å²) in [5, 5.41) is 9.93. The Morgan fingerprint density at radius 1 is 0.967 bits per heavy atom. The quantitative estimate of drug-likeness (QED) is 0.589. The fraction of sp³-hybridized carbons (Fsp3) is 0.318. The second kappa shape index (κ2) is 9.21. The highest BCUT2D eigenvalue weighted by molar-refractivity contribution is 7.92. The number of amides is 1. The van der Waals surface area contributed by atoms with Crippen molar-refractivity contribution in [3.63, 3.8) is 0 Å². The van der Waals surface area contributed by atoms with Crippen LogP contribution in [0.3, 0.4) is 0 Å². The average Bonchev–Trinajstić information content (AvgIpc) is 3.15. The number of nitrogens with zero attached hydrogens (tertiary/aromatic N) is 2. The van der Waals surface area contributed by atoms with Gasteiger partial charge in [0.1, 0.15) is 0 Å². The summed E-state index contributed by atoms with van der Waals surface area (Å²) in [6, 6.07) is 14.5. The summed E-state index contributed by atoms with van der Waals surface area (Å²) in [4.78, 5) is 12.5. The highest BCUT2D eigenvalue weighted by atomic mass is 32.2. The zero-order valence-electron chi connectivity index (χ0n) is 17.3. The van der Waals surface area contributed by atoms with Gasteiger partial charge in [-0.15, -0.1) is 5.10 Å². The van der Waals surface area contributed by atoms with Gasteiger partial charge in [-0.1, -0.05) is 48.4 Å². The van der Waals surface area contributed by atoms with E-state index < -0.39 is 15.1 Å². The van der Waals surface area contributed by atoms with Crippen LogP contribution in [-0.2, 0) is 33.9 Å². The van der Waals surface area contributed by atoms with Gasteiger partial charge in [0.05, 0.1) is 23.0 Å². The van der Waals surface area contributed by atoms with Gasteiger partial charge in [-0.25, -0.2) is 8.42 Å². The lowest BCUT2D eigenvalue weighted by Gasteiger charge is -2.08. The van der Waals surface area contributed by atoms with Crippen LogP contribution in [0.15, 0.2) is 57.8 Å². The van der Waals surface area contributed by atoms with Gasteiger partial charge in [0.2, 0.25) is 11.8 Å². The summed E-state index contributed by atoms with van der Waals surface area (Å²) in [5.41, 5.74) is 2.95. The number of carbonyl (C=O) groups excluding carboxylic acids is 1. The van der Waals surface area contributed by atoms with Crippen molar-refractivity contribution in [2.45, 2.75) is 50.2 Å². The van der Waals surface area contributed by atoms with Crippen molar-refractivity contribution in [3.05, 3.63) is 71.1 Å². The van der Waals surface area contributed by atoms with E-state index in [4.69, 9.17) is 4.42 Å². The van der Waals surface area contributed by atoms with Crippen molar-refractivity contribution in [2.75, 3.05) is 5.32 Å². The van der Waals surface area contributed by atoms with E-state index in [9.17, 15) is 13.2 Å². The lowest BCUT2D eigenvalue weighted by molar-refractivity contribution is -0.115. The molecule has 30 heavy (non-hydrogen) atoms. The van der Waals surface area contributed by atoms with Crippen LogP contribution >= 0.6 is 0 Å². The molecule has 158 valence electrons. The summed E-state index contributed by atoms with van der Waals surface area (Å²) in [6.45, 7) is 5.38. The molecule has 0 fully saturated rings. The second-order valence-corrected chi connectivity index (χ2v) is 9.81. The van der Waals surface area contributed by atoms with E-state index in [0.717, 1.165) is 17.5 Å². The Morgan fingerprint density at radius 2 is 1.57 bits per heavy atom. The molecule has 0 aliphatic carbocycles. The van der Waals surface area contributed by atoms with Crippen molar-refractivity contribution in [3.8, 4) is 0 Å². The molecule has 0 radical (unpaired) electrons. The molecule has 0 spiro atoms. The van der Waals surface area contributed by atoms with Gasteiger partial charge in [-0.05, 0) is 49.1 Å². The van der Waals surface area contributed by atoms with E-state index in [2.05, 4.69) is 22.4 Å². The standard InChI is InChI=1S/C22H25N3O4S/c1-4-16-5-7-17(8-6-16)13-20(26)23-22-25-24-21(29-22)14-18-9-11-19(12-10-18)30(27,28)15(2)3/h5-12,15H,4,13-14H2,1-3H3,(H,23,25,26). The third-order valence-corrected chi connectivity index (χ3v) is 6.91. The summed E-state index contributed by atoms with van der Waals surface area (Å²) >= 11 is 0. The average molecular weight is 428 g/mol. The number of nitrogens with one attached hydrogen (secondary N) is 1. The second-order valence-electron chi connectivity index (χ2n) is 7.31. The van der Waals surface area contributed by atoms with E-state index in [1.165, 1.54) is 5.56 Å². The van der Waals surface area contributed by atoms with Crippen molar-refractivity contribution in [2.24, 2.45) is 0 Å². The summed E-state index contributed by atoms with van der Waals surface area (Å²) in [6.07, 6.45) is 1.50. The van der Waals surface area contributed by atoms with Gasteiger partial charge < -0.3 is 4.42 Å². The minimum Gasteiger partial charge on any atom is -0.407 e. The highest BCUT2D eigenvalue weighted by Crippen LogP contribution is 2.18. The van der Waals surface area contributed by atoms with Crippen LogP contribution in [0.5, 0.6) is 0 Å². The van der Waals surface area contributed by atoms with Crippen LogP contribution in [0, 0.1) is 0 Å². The van der Waals surface area contributed by atoms with Crippen LogP contribution in [0.1, 0.15) is 43.4 Å². The number of anilines is 1. The SMILES string of the molecule is CCc1ccc(CC(=O)Nc2nnc(Cc3ccc(S(=O)(=O)C(C)C)cc3)o2)cc1. The molecule has 1 N–H and O–H groups in total. The van der Waals surface area contributed by atoms with Gasteiger partial charge in [0.15, 0.2) is 9.84 Å². The Balaban J connectivity index is 1.58. The normalized spacial score (nSPS) is 11.6. The molecule has 0 atom stereocenters. The van der Waals surface area contributed by atoms with E-state index in [1.807, 2.05) is 24.3 Å². The smallest absolute Gasteiger partial charge is 0.322 e. The molecule has 0 aliphatic heterocycles. The largest absolute Gasteiger partial charge is 0.407 e. The molecule has 8 heteroatoms. The molecule has 3 rings (SSSR count). The Morgan fingerprint density at radius 3 is 2.17 bits per heavy atom. The molecular weight excluding hydrogens is 402 g/mol. The number of hydrogen-bond donors (Lipinski definition) is 1. The number of benzene rings is 2. The zero-order chi connectivity index (χ0) is 21.7. The van der Waals surface area contributed by atoms with Crippen molar-refractivity contribution in [1.82, 2.24) is 10.2 Å². The first kappa shape index (κ1) is 21.7. The molecule has 1 amide bonds. The number of sulfone groups is 1. The fourth-order valence-corrected chi connectivity index (χ4v) is 3.92. The maximum Gasteiger partial charge on any atom is 0.322 e. The highest BCUT2D eigenvalue weighted by Gasteiger charge is 2.19. The molecular formula is C22H25N3O4S. The summed E-state index contributed by atoms with van der Waals surface area (Å²) in [7, 11) is -3.30. The van der Waals surface area contributed by atoms with E-state index >= 15 is 0 Å². The maximum atomic E-state index is 12.2. The van der Waals surface area contributed by atoms with Gasteiger partial charge in [-0.3, -0.25) is 10.1 Å². The molecule has 0 aliphatic rings. The van der Waals surface area contributed by atoms with Crippen LogP contribution in [-0.4, -0.2) is 29.8 Å². The number of hydrogen-bond acceptors (Lipinski definition) is 6. The lowest BCUT2D eigenvalue weighted by atomic mass is 10.1. The third kappa shape index (κ3) is 5.33. The Hall–Kier alpha value is -3.00. The van der Waals surface area contributed by atoms with Crippen LogP contribution in [0.25, 0.3) is 0 Å². The summed E-state index contributed by atoms with van der Waals surface area (Å²) in [5.74, 6) is 0.0924. The maximum absolute atomic E-state index is 12.2. The number of aromatic nitrogens is 2. The molecule has 0 saturated heterocycles. The van der Waals surface area contributed by atoms with Crippen LogP contribution < -0.4 is 5.32 Å². The molecule has 0 unspecified atom stereocenters. The first-order valence-electron chi connectivity index (χ1n) is 9.81. The fourth-order valence-electron chi connectivity index (χ4n) is 2.86. The van der Waals surface area contributed by atoms with Gasteiger partial charge in [0.25, 0.3) is 0 Å². The number of carbonyl (C=O) groups is 1. The molecule has 1 aromatic heterocycles. The number of aryl methyl sites for hydroxylation is 1. The first-order chi connectivity index (χ1) is 14.3. The predicted octanol–water partition coefficient (Wildman–Crippen LogP) is 3.59. The van der Waals surface area contributed by atoms with E-state index in [-0.39, 0.29) is 23.2 Å². The van der Waals surface area contributed by atoms with Gasteiger partial charge in [-0.2, -0.15) is 0 Å². The van der Waals surface area contributed by atoms with Crippen LogP contribution in [0.2, 0.25) is 0 Å². The molecule has 7 nitrogen and oxygen atoms in total. The molecule has 0 bridgehead atoms. The van der Waals surface area contributed by atoms with E-state index in [0.29, 0.717) is 12.3 Å². The van der Waals surface area contributed by atoms with Gasteiger partial charge in [0, 0.05) is 0 Å². The zero-order valence-corrected chi connectivity index (χ0v) is 18.1. The number of rotatable bonds is 8. The minimum atomic E-state index is -3.30. The van der Waals surface area contributed by atoms with Crippen molar-refractivity contribution >= 4 is 21.8 Å². The third-order valence-electron chi connectivity index (χ3n) is 4.74. The predicted molar refractivity (Wildman–Crippen MR) is 114 cm³/mol. The molecule has 1 heterocycles. The topological polar surface area (TPSA) is 102 Å². The van der Waals surface area contributed by atoms with Crippen LogP contribution in [0.4, 0.5) is 6.01 Å². The van der Waals surface area contributed by atoms with Gasteiger partial charge >= 0.3 is 6.01 Å². The summed E-state index contributed by atoms with van der Waals surface area (Å²) < 4.78 is 29.9. The minimum absolute atomic E-state index is 0.0409. The molecule has 0 saturated carbocycles. The monoisotopic (exact) mass is 427 g/mol.